The molecule has 0 aromatic heterocycles. The van der Waals surface area contributed by atoms with Crippen LogP contribution in [0.4, 0.5) is 0 Å². The van der Waals surface area contributed by atoms with Crippen molar-refractivity contribution < 1.29 is 29.3 Å². The number of aromatic hydroxyl groups is 1. The third-order valence-electron chi connectivity index (χ3n) is 5.57. The molecule has 1 aliphatic heterocycles. The second kappa shape index (κ2) is 9.33. The molecule has 1 aromatic carbocycles. The number of carbonyl (C=O) groups excluding carboxylic acids is 1. The van der Waals surface area contributed by atoms with Gasteiger partial charge in [0.05, 0.1) is 19.4 Å². The van der Waals surface area contributed by atoms with Gasteiger partial charge in [0.25, 0.3) is 0 Å². The van der Waals surface area contributed by atoms with Crippen molar-refractivity contribution >= 4 is 11.8 Å². The van der Waals surface area contributed by atoms with Gasteiger partial charge in [-0.05, 0) is 33.6 Å². The predicted molar refractivity (Wildman–Crippen MR) is 111 cm³/mol. The van der Waals surface area contributed by atoms with Crippen molar-refractivity contribution in [1.29, 1.82) is 0 Å². The number of hydrogen-bond acceptors (Lipinski definition) is 5. The zero-order valence-corrected chi connectivity index (χ0v) is 18.2. The second-order valence-corrected chi connectivity index (χ2v) is 8.02. The molecule has 1 aliphatic rings. The summed E-state index contributed by atoms with van der Waals surface area (Å²) in [5, 5.41) is 20.5. The number of rotatable bonds is 8. The van der Waals surface area contributed by atoms with Gasteiger partial charge in [-0.25, -0.2) is 0 Å². The van der Waals surface area contributed by atoms with Gasteiger partial charge in [0.1, 0.15) is 28.9 Å². The first-order chi connectivity index (χ1) is 13.6. The van der Waals surface area contributed by atoms with Gasteiger partial charge in [-0.2, -0.15) is 0 Å². The Bertz CT molecular complexity index is 819. The van der Waals surface area contributed by atoms with Crippen molar-refractivity contribution in [2.75, 3.05) is 7.11 Å². The van der Waals surface area contributed by atoms with Crippen molar-refractivity contribution in [3.63, 3.8) is 0 Å². The smallest absolute Gasteiger partial charge is 0.303 e. The number of carbonyl (C=O) groups is 2. The molecule has 0 aliphatic carbocycles. The minimum absolute atomic E-state index is 0.106. The molecular weight excluding hydrogens is 372 g/mol. The zero-order chi connectivity index (χ0) is 21.9. The molecule has 0 bridgehead atoms. The molecule has 0 amide bonds. The number of benzene rings is 1. The van der Waals surface area contributed by atoms with Gasteiger partial charge < -0.3 is 19.7 Å². The van der Waals surface area contributed by atoms with Crippen LogP contribution in [-0.4, -0.2) is 35.2 Å². The molecule has 160 valence electrons. The molecule has 3 atom stereocenters. The highest BCUT2D eigenvalue weighted by Gasteiger charge is 2.40. The number of aliphatic carboxylic acids is 1. The average Bonchev–Trinajstić information content (AvgIpc) is 2.63. The van der Waals surface area contributed by atoms with Gasteiger partial charge in [-0.3, -0.25) is 9.59 Å². The summed E-state index contributed by atoms with van der Waals surface area (Å²) in [6.45, 7) is 9.46. The Morgan fingerprint density at radius 3 is 2.48 bits per heavy atom. The van der Waals surface area contributed by atoms with E-state index >= 15 is 0 Å². The van der Waals surface area contributed by atoms with E-state index in [0.29, 0.717) is 29.7 Å². The van der Waals surface area contributed by atoms with Crippen molar-refractivity contribution in [2.24, 2.45) is 5.92 Å². The standard InChI is InChI=1S/C23H32O6/c1-7-8-15(11-17(24)25)18-22(28-6)16(10-9-12(2)3)21(27)19-20(26)13(4)14(5)29-23(18)19/h9,13-15,27H,7-8,10-11H2,1-6H3,(H,24,25)/t13-,14-,15-/m0/s1. The Balaban J connectivity index is 2.87. The minimum atomic E-state index is -0.929. The quantitative estimate of drug-likeness (QED) is 0.601. The van der Waals surface area contributed by atoms with Crippen LogP contribution < -0.4 is 9.47 Å². The summed E-state index contributed by atoms with van der Waals surface area (Å²) >= 11 is 0. The number of hydrogen-bond donors (Lipinski definition) is 2. The summed E-state index contributed by atoms with van der Waals surface area (Å²) in [6, 6.07) is 0. The first-order valence-corrected chi connectivity index (χ1v) is 10.2. The number of fused-ring (bicyclic) bond motifs is 1. The molecular formula is C23H32O6. The molecule has 2 N–H and O–H groups in total. The number of allylic oxidation sites excluding steroid dienone is 2. The molecule has 0 saturated carbocycles. The molecule has 6 heteroatoms. The van der Waals surface area contributed by atoms with E-state index in [1.807, 2.05) is 33.8 Å². The maximum absolute atomic E-state index is 13.1. The lowest BCUT2D eigenvalue weighted by Gasteiger charge is -2.33. The molecule has 29 heavy (non-hydrogen) atoms. The molecule has 0 unspecified atom stereocenters. The Labute approximate surface area is 172 Å². The van der Waals surface area contributed by atoms with Crippen LogP contribution in [0.3, 0.4) is 0 Å². The lowest BCUT2D eigenvalue weighted by Crippen LogP contribution is -2.35. The van der Waals surface area contributed by atoms with Gasteiger partial charge in [0, 0.05) is 17.0 Å². The van der Waals surface area contributed by atoms with Gasteiger partial charge >= 0.3 is 5.97 Å². The van der Waals surface area contributed by atoms with Gasteiger partial charge in [-0.15, -0.1) is 0 Å². The summed E-state index contributed by atoms with van der Waals surface area (Å²) in [7, 11) is 1.50. The summed E-state index contributed by atoms with van der Waals surface area (Å²) in [5.74, 6) is -1.36. The van der Waals surface area contributed by atoms with E-state index in [-0.39, 0.29) is 41.3 Å². The summed E-state index contributed by atoms with van der Waals surface area (Å²) < 4.78 is 11.8. The van der Waals surface area contributed by atoms with Crippen LogP contribution in [0.2, 0.25) is 0 Å². The van der Waals surface area contributed by atoms with Crippen LogP contribution in [0.5, 0.6) is 17.2 Å². The van der Waals surface area contributed by atoms with Crippen LogP contribution in [-0.2, 0) is 11.2 Å². The van der Waals surface area contributed by atoms with Crippen LogP contribution in [0.25, 0.3) is 0 Å². The predicted octanol–water partition coefficient (Wildman–Crippen LogP) is 4.87. The van der Waals surface area contributed by atoms with Crippen molar-refractivity contribution in [3.05, 3.63) is 28.3 Å². The fraction of sp³-hybridized carbons (Fsp3) is 0.565. The van der Waals surface area contributed by atoms with Crippen LogP contribution in [0.15, 0.2) is 11.6 Å². The molecule has 0 spiro atoms. The van der Waals surface area contributed by atoms with Gasteiger partial charge in [0.15, 0.2) is 5.78 Å². The first kappa shape index (κ1) is 22.8. The summed E-state index contributed by atoms with van der Waals surface area (Å²) in [4.78, 5) is 24.6. The van der Waals surface area contributed by atoms with E-state index in [0.717, 1.165) is 12.0 Å². The maximum Gasteiger partial charge on any atom is 0.303 e. The Hall–Kier alpha value is -2.50. The third-order valence-corrected chi connectivity index (χ3v) is 5.57. The topological polar surface area (TPSA) is 93.1 Å². The monoisotopic (exact) mass is 404 g/mol. The van der Waals surface area contributed by atoms with Crippen LogP contribution >= 0.6 is 0 Å². The summed E-state index contributed by atoms with van der Waals surface area (Å²) in [5.41, 5.74) is 2.28. The van der Waals surface area contributed by atoms with E-state index in [1.54, 1.807) is 6.92 Å². The number of carboxylic acids is 1. The number of ether oxygens (including phenoxy) is 2. The van der Waals surface area contributed by atoms with E-state index in [1.165, 1.54) is 7.11 Å². The largest absolute Gasteiger partial charge is 0.507 e. The van der Waals surface area contributed by atoms with Crippen molar-refractivity contribution in [3.8, 4) is 17.2 Å². The highest BCUT2D eigenvalue weighted by atomic mass is 16.5. The molecule has 6 nitrogen and oxygen atoms in total. The van der Waals surface area contributed by atoms with Crippen LogP contribution in [0.1, 0.15) is 81.3 Å². The number of carboxylic acid groups (broad SMARTS) is 1. The highest BCUT2D eigenvalue weighted by Crippen LogP contribution is 2.51. The van der Waals surface area contributed by atoms with Crippen molar-refractivity contribution in [1.82, 2.24) is 0 Å². The lowest BCUT2D eigenvalue weighted by molar-refractivity contribution is -0.137. The number of methoxy groups -OCH3 is 1. The molecule has 1 aromatic rings. The van der Waals surface area contributed by atoms with Crippen molar-refractivity contribution in [2.45, 2.75) is 72.3 Å². The number of ketones is 1. The van der Waals surface area contributed by atoms with E-state index in [2.05, 4.69) is 0 Å². The fourth-order valence-corrected chi connectivity index (χ4v) is 3.85. The Morgan fingerprint density at radius 2 is 1.97 bits per heavy atom. The summed E-state index contributed by atoms with van der Waals surface area (Å²) in [6.07, 6.45) is 3.20. The molecule has 1 heterocycles. The number of Topliss-reactive ketones (excluding diaryl/α,β-unsaturated/α-hetero) is 1. The number of phenolic OH excluding ortho intramolecular Hbond substituents is 1. The maximum atomic E-state index is 13.1. The lowest BCUT2D eigenvalue weighted by atomic mass is 9.81. The normalized spacial score (nSPS) is 19.2. The Kier molecular flexibility index (Phi) is 7.33. The SMILES string of the molecule is CCC[C@@H](CC(=O)O)c1c(OC)c(CC=C(C)C)c(O)c2c1O[C@@H](C)[C@H](C)C2=O. The first-order valence-electron chi connectivity index (χ1n) is 10.2. The van der Waals surface area contributed by atoms with Gasteiger partial charge in [0.2, 0.25) is 0 Å². The second-order valence-electron chi connectivity index (χ2n) is 8.02. The average molecular weight is 405 g/mol. The molecule has 0 radical (unpaired) electrons. The van der Waals surface area contributed by atoms with Crippen LogP contribution in [0, 0.1) is 5.92 Å². The highest BCUT2D eigenvalue weighted by molar-refractivity contribution is 6.05. The molecule has 0 saturated heterocycles. The zero-order valence-electron chi connectivity index (χ0n) is 18.2. The van der Waals surface area contributed by atoms with E-state index in [9.17, 15) is 19.8 Å². The van der Waals surface area contributed by atoms with E-state index < -0.39 is 11.9 Å². The fourth-order valence-electron chi connectivity index (χ4n) is 3.85. The van der Waals surface area contributed by atoms with Gasteiger partial charge in [-0.1, -0.05) is 31.9 Å². The minimum Gasteiger partial charge on any atom is -0.507 e. The Morgan fingerprint density at radius 1 is 1.31 bits per heavy atom. The van der Waals surface area contributed by atoms with E-state index in [4.69, 9.17) is 9.47 Å². The third kappa shape index (κ3) is 4.57. The number of phenols is 1. The molecule has 2 rings (SSSR count). The molecule has 0 fully saturated rings.